The number of aliphatic hydroxyl groups is 1. The summed E-state index contributed by atoms with van der Waals surface area (Å²) >= 11 is 0. The van der Waals surface area contributed by atoms with Crippen molar-refractivity contribution in [2.75, 3.05) is 13.2 Å². The fourth-order valence-corrected chi connectivity index (χ4v) is 1.85. The van der Waals surface area contributed by atoms with Crippen molar-refractivity contribution >= 4 is 0 Å². The van der Waals surface area contributed by atoms with Crippen molar-refractivity contribution in [1.82, 2.24) is 9.78 Å². The van der Waals surface area contributed by atoms with Crippen molar-refractivity contribution < 1.29 is 5.11 Å². The SMILES string of the molecule is NCC(CCO)c1cnn(-c2ccccc2)c1. The molecule has 2 aromatic rings. The van der Waals surface area contributed by atoms with Crippen LogP contribution in [0.5, 0.6) is 0 Å². The number of hydrogen-bond donors (Lipinski definition) is 2. The van der Waals surface area contributed by atoms with Crippen molar-refractivity contribution in [3.8, 4) is 5.69 Å². The van der Waals surface area contributed by atoms with Crippen LogP contribution in [0.2, 0.25) is 0 Å². The predicted molar refractivity (Wildman–Crippen MR) is 67.1 cm³/mol. The molecular formula is C13H17N3O. The maximum Gasteiger partial charge on any atom is 0.0645 e. The number of hydrogen-bond acceptors (Lipinski definition) is 3. The molecule has 1 unspecified atom stereocenters. The van der Waals surface area contributed by atoms with Gasteiger partial charge < -0.3 is 10.8 Å². The van der Waals surface area contributed by atoms with E-state index in [2.05, 4.69) is 5.10 Å². The highest BCUT2D eigenvalue weighted by molar-refractivity contribution is 5.31. The van der Waals surface area contributed by atoms with Gasteiger partial charge in [0, 0.05) is 18.7 Å². The summed E-state index contributed by atoms with van der Waals surface area (Å²) in [7, 11) is 0. The number of nitrogens with zero attached hydrogens (tertiary/aromatic N) is 2. The number of aromatic nitrogens is 2. The van der Waals surface area contributed by atoms with Gasteiger partial charge in [-0.2, -0.15) is 5.10 Å². The van der Waals surface area contributed by atoms with Crippen molar-refractivity contribution in [3.05, 3.63) is 48.3 Å². The molecule has 0 spiro atoms. The lowest BCUT2D eigenvalue weighted by Crippen LogP contribution is -2.13. The lowest BCUT2D eigenvalue weighted by molar-refractivity contribution is 0.276. The molecule has 0 aliphatic rings. The molecule has 1 aromatic heterocycles. The van der Waals surface area contributed by atoms with Gasteiger partial charge in [0.25, 0.3) is 0 Å². The van der Waals surface area contributed by atoms with Crippen LogP contribution in [-0.2, 0) is 0 Å². The topological polar surface area (TPSA) is 64.1 Å². The first-order chi connectivity index (χ1) is 8.35. The van der Waals surface area contributed by atoms with Gasteiger partial charge in [0.1, 0.15) is 0 Å². The molecule has 1 heterocycles. The lowest BCUT2D eigenvalue weighted by Gasteiger charge is -2.10. The molecule has 4 nitrogen and oxygen atoms in total. The summed E-state index contributed by atoms with van der Waals surface area (Å²) in [5.41, 5.74) is 7.79. The van der Waals surface area contributed by atoms with Gasteiger partial charge >= 0.3 is 0 Å². The van der Waals surface area contributed by atoms with Crippen LogP contribution in [0.1, 0.15) is 17.9 Å². The number of nitrogens with two attached hydrogens (primary N) is 1. The molecule has 0 aliphatic carbocycles. The highest BCUT2D eigenvalue weighted by Crippen LogP contribution is 2.18. The second-order valence-electron chi connectivity index (χ2n) is 4.00. The molecule has 0 fully saturated rings. The van der Waals surface area contributed by atoms with E-state index >= 15 is 0 Å². The Hall–Kier alpha value is -1.65. The molecule has 0 bridgehead atoms. The number of rotatable bonds is 5. The van der Waals surface area contributed by atoms with Gasteiger partial charge in [-0.3, -0.25) is 0 Å². The van der Waals surface area contributed by atoms with Gasteiger partial charge in [0.15, 0.2) is 0 Å². The van der Waals surface area contributed by atoms with E-state index < -0.39 is 0 Å². The Labute approximate surface area is 101 Å². The monoisotopic (exact) mass is 231 g/mol. The molecule has 3 N–H and O–H groups in total. The van der Waals surface area contributed by atoms with Gasteiger partial charge in [-0.15, -0.1) is 0 Å². The first-order valence-corrected chi connectivity index (χ1v) is 5.76. The van der Waals surface area contributed by atoms with E-state index in [-0.39, 0.29) is 12.5 Å². The molecule has 0 amide bonds. The second-order valence-corrected chi connectivity index (χ2v) is 4.00. The normalized spacial score (nSPS) is 12.6. The maximum absolute atomic E-state index is 8.97. The highest BCUT2D eigenvalue weighted by atomic mass is 16.3. The van der Waals surface area contributed by atoms with E-state index in [1.807, 2.05) is 47.4 Å². The van der Waals surface area contributed by atoms with E-state index in [1.165, 1.54) is 0 Å². The van der Waals surface area contributed by atoms with E-state index in [9.17, 15) is 0 Å². The van der Waals surface area contributed by atoms with Crippen LogP contribution in [0.25, 0.3) is 5.69 Å². The molecule has 2 rings (SSSR count). The Morgan fingerprint density at radius 1 is 1.29 bits per heavy atom. The number of para-hydroxylation sites is 1. The van der Waals surface area contributed by atoms with E-state index in [4.69, 9.17) is 10.8 Å². The maximum atomic E-state index is 8.97. The lowest BCUT2D eigenvalue weighted by atomic mass is 10.00. The average Bonchev–Trinajstić information content (AvgIpc) is 2.86. The van der Waals surface area contributed by atoms with Crippen molar-refractivity contribution in [2.24, 2.45) is 5.73 Å². The van der Waals surface area contributed by atoms with Crippen molar-refractivity contribution in [3.63, 3.8) is 0 Å². The zero-order valence-corrected chi connectivity index (χ0v) is 9.66. The minimum atomic E-state index is 0.151. The summed E-state index contributed by atoms with van der Waals surface area (Å²) in [5.74, 6) is 0.178. The minimum Gasteiger partial charge on any atom is -0.396 e. The largest absolute Gasteiger partial charge is 0.396 e. The Morgan fingerprint density at radius 2 is 2.06 bits per heavy atom. The summed E-state index contributed by atoms with van der Waals surface area (Å²) in [5, 5.41) is 13.3. The number of benzene rings is 1. The molecule has 1 aromatic carbocycles. The zero-order chi connectivity index (χ0) is 12.1. The summed E-state index contributed by atoms with van der Waals surface area (Å²) in [6.45, 7) is 0.680. The highest BCUT2D eigenvalue weighted by Gasteiger charge is 2.11. The quantitative estimate of drug-likeness (QED) is 0.815. The summed E-state index contributed by atoms with van der Waals surface area (Å²) in [4.78, 5) is 0. The van der Waals surface area contributed by atoms with E-state index in [0.29, 0.717) is 13.0 Å². The Bertz CT molecular complexity index is 453. The summed E-state index contributed by atoms with van der Waals surface area (Å²) < 4.78 is 1.83. The zero-order valence-electron chi connectivity index (χ0n) is 9.66. The standard InChI is InChI=1S/C13H17N3O/c14-8-11(6-7-17)12-9-15-16(10-12)13-4-2-1-3-5-13/h1-5,9-11,17H,6-8,14H2. The van der Waals surface area contributed by atoms with Gasteiger partial charge in [0.05, 0.1) is 11.9 Å². The Kier molecular flexibility index (Phi) is 3.90. The molecule has 90 valence electrons. The molecule has 4 heteroatoms. The van der Waals surface area contributed by atoms with Crippen LogP contribution in [0.3, 0.4) is 0 Å². The molecular weight excluding hydrogens is 214 g/mol. The molecule has 17 heavy (non-hydrogen) atoms. The Morgan fingerprint density at radius 3 is 2.71 bits per heavy atom. The van der Waals surface area contributed by atoms with Crippen LogP contribution in [-0.4, -0.2) is 28.0 Å². The third-order valence-corrected chi connectivity index (χ3v) is 2.86. The first-order valence-electron chi connectivity index (χ1n) is 5.76. The molecule has 0 aliphatic heterocycles. The fraction of sp³-hybridized carbons (Fsp3) is 0.308. The molecule has 0 saturated heterocycles. The molecule has 1 atom stereocenters. The number of aliphatic hydroxyl groups excluding tert-OH is 1. The smallest absolute Gasteiger partial charge is 0.0645 e. The Balaban J connectivity index is 2.21. The van der Waals surface area contributed by atoms with Gasteiger partial charge in [-0.25, -0.2) is 4.68 Å². The third kappa shape index (κ3) is 2.72. The van der Waals surface area contributed by atoms with Crippen LogP contribution in [0, 0.1) is 0 Å². The fourth-order valence-electron chi connectivity index (χ4n) is 1.85. The molecule has 0 radical (unpaired) electrons. The first kappa shape index (κ1) is 11.8. The van der Waals surface area contributed by atoms with Crippen LogP contribution in [0.15, 0.2) is 42.7 Å². The third-order valence-electron chi connectivity index (χ3n) is 2.86. The van der Waals surface area contributed by atoms with Gasteiger partial charge in [-0.05, 0) is 30.7 Å². The summed E-state index contributed by atoms with van der Waals surface area (Å²) in [6, 6.07) is 9.93. The minimum absolute atomic E-state index is 0.151. The van der Waals surface area contributed by atoms with Gasteiger partial charge in [-0.1, -0.05) is 18.2 Å². The van der Waals surface area contributed by atoms with Crippen molar-refractivity contribution in [1.29, 1.82) is 0 Å². The average molecular weight is 231 g/mol. The summed E-state index contributed by atoms with van der Waals surface area (Å²) in [6.07, 6.45) is 4.47. The second kappa shape index (κ2) is 5.61. The van der Waals surface area contributed by atoms with E-state index in [0.717, 1.165) is 11.3 Å². The van der Waals surface area contributed by atoms with Crippen LogP contribution >= 0.6 is 0 Å². The predicted octanol–water partition coefficient (Wildman–Crippen LogP) is 1.30. The molecule has 0 saturated carbocycles. The van der Waals surface area contributed by atoms with Crippen molar-refractivity contribution in [2.45, 2.75) is 12.3 Å². The van der Waals surface area contributed by atoms with Crippen LogP contribution < -0.4 is 5.73 Å². The van der Waals surface area contributed by atoms with Gasteiger partial charge in [0.2, 0.25) is 0 Å². The van der Waals surface area contributed by atoms with E-state index in [1.54, 1.807) is 0 Å². The van der Waals surface area contributed by atoms with Crippen LogP contribution in [0.4, 0.5) is 0 Å².